The summed E-state index contributed by atoms with van der Waals surface area (Å²) in [4.78, 5) is 18.3. The van der Waals surface area contributed by atoms with Crippen LogP contribution in [0.15, 0.2) is 24.9 Å². The van der Waals surface area contributed by atoms with Gasteiger partial charge >= 0.3 is 0 Å². The third-order valence-electron chi connectivity index (χ3n) is 3.40. The van der Waals surface area contributed by atoms with Crippen LogP contribution in [0, 0.1) is 0 Å². The van der Waals surface area contributed by atoms with E-state index in [4.69, 9.17) is 23.2 Å². The number of carbonyl (C=O) groups is 1. The predicted octanol–water partition coefficient (Wildman–Crippen LogP) is 3.96. The molecule has 0 radical (unpaired) electrons. The zero-order valence-electron chi connectivity index (χ0n) is 10.6. The van der Waals surface area contributed by atoms with Crippen LogP contribution in [0.4, 0.5) is 0 Å². The molecule has 2 rings (SSSR count). The SMILES string of the molecule is C=CCN(C(=O)c1cc(Cl)ncc1Cl)C1CCCC1. The van der Waals surface area contributed by atoms with Crippen molar-refractivity contribution in [2.45, 2.75) is 31.7 Å². The number of rotatable bonds is 4. The fourth-order valence-electron chi connectivity index (χ4n) is 2.48. The molecule has 5 heteroatoms. The number of carbonyl (C=O) groups excluding carboxylic acids is 1. The second kappa shape index (κ2) is 6.40. The van der Waals surface area contributed by atoms with Gasteiger partial charge in [-0.3, -0.25) is 4.79 Å². The number of halogens is 2. The van der Waals surface area contributed by atoms with Gasteiger partial charge in [0.05, 0.1) is 10.6 Å². The number of hydrogen-bond donors (Lipinski definition) is 0. The Balaban J connectivity index is 2.27. The van der Waals surface area contributed by atoms with Crippen molar-refractivity contribution in [1.29, 1.82) is 0 Å². The third-order valence-corrected chi connectivity index (χ3v) is 3.91. The van der Waals surface area contributed by atoms with Crippen LogP contribution in [-0.4, -0.2) is 28.4 Å². The molecule has 1 aromatic heterocycles. The van der Waals surface area contributed by atoms with E-state index in [2.05, 4.69) is 11.6 Å². The van der Waals surface area contributed by atoms with Crippen LogP contribution in [-0.2, 0) is 0 Å². The maximum Gasteiger partial charge on any atom is 0.256 e. The lowest BCUT2D eigenvalue weighted by atomic mass is 10.1. The molecular weight excluding hydrogens is 283 g/mol. The predicted molar refractivity (Wildman–Crippen MR) is 77.7 cm³/mol. The molecule has 0 spiro atoms. The van der Waals surface area contributed by atoms with E-state index in [9.17, 15) is 4.79 Å². The second-order valence-corrected chi connectivity index (χ2v) is 5.47. The summed E-state index contributed by atoms with van der Waals surface area (Å²) >= 11 is 11.9. The summed E-state index contributed by atoms with van der Waals surface area (Å²) in [5.41, 5.74) is 0.412. The van der Waals surface area contributed by atoms with Gasteiger partial charge in [-0.15, -0.1) is 6.58 Å². The number of pyridine rings is 1. The normalized spacial score (nSPS) is 15.5. The van der Waals surface area contributed by atoms with Gasteiger partial charge in [0.2, 0.25) is 0 Å². The minimum absolute atomic E-state index is 0.0962. The molecule has 3 nitrogen and oxygen atoms in total. The Kier molecular flexibility index (Phi) is 4.83. The van der Waals surface area contributed by atoms with Crippen LogP contribution in [0.5, 0.6) is 0 Å². The number of nitrogens with zero attached hydrogens (tertiary/aromatic N) is 2. The molecule has 1 aromatic rings. The van der Waals surface area contributed by atoms with Crippen LogP contribution in [0.1, 0.15) is 36.0 Å². The van der Waals surface area contributed by atoms with E-state index in [-0.39, 0.29) is 17.1 Å². The van der Waals surface area contributed by atoms with Gasteiger partial charge in [0.25, 0.3) is 5.91 Å². The van der Waals surface area contributed by atoms with Crippen molar-refractivity contribution >= 4 is 29.1 Å². The summed E-state index contributed by atoms with van der Waals surface area (Å²) in [5.74, 6) is -0.0962. The Morgan fingerprint density at radius 1 is 1.47 bits per heavy atom. The maximum absolute atomic E-state index is 12.6. The minimum atomic E-state index is -0.0962. The molecule has 1 fully saturated rings. The highest BCUT2D eigenvalue weighted by molar-refractivity contribution is 6.35. The first-order chi connectivity index (χ1) is 9.13. The average molecular weight is 299 g/mol. The van der Waals surface area contributed by atoms with Crippen LogP contribution >= 0.6 is 23.2 Å². The summed E-state index contributed by atoms with van der Waals surface area (Å²) in [6, 6.07) is 1.80. The van der Waals surface area contributed by atoms with E-state index in [1.54, 1.807) is 6.08 Å². The molecule has 0 aliphatic heterocycles. The molecule has 0 atom stereocenters. The summed E-state index contributed by atoms with van der Waals surface area (Å²) < 4.78 is 0. The number of aromatic nitrogens is 1. The van der Waals surface area contributed by atoms with Gasteiger partial charge in [-0.05, 0) is 18.9 Å². The van der Waals surface area contributed by atoms with E-state index in [1.165, 1.54) is 12.3 Å². The Labute approximate surface area is 123 Å². The zero-order valence-corrected chi connectivity index (χ0v) is 12.1. The fourth-order valence-corrected chi connectivity index (χ4v) is 2.83. The average Bonchev–Trinajstić information content (AvgIpc) is 2.92. The molecule has 19 heavy (non-hydrogen) atoms. The van der Waals surface area contributed by atoms with Gasteiger partial charge < -0.3 is 4.90 Å². The molecule has 1 heterocycles. The van der Waals surface area contributed by atoms with Gasteiger partial charge in [-0.25, -0.2) is 4.98 Å². The van der Waals surface area contributed by atoms with E-state index in [1.807, 2.05) is 4.90 Å². The highest BCUT2D eigenvalue weighted by Crippen LogP contribution is 2.27. The Hall–Kier alpha value is -1.06. The van der Waals surface area contributed by atoms with E-state index >= 15 is 0 Å². The smallest absolute Gasteiger partial charge is 0.256 e. The molecule has 0 bridgehead atoms. The standard InChI is InChI=1S/C14H16Cl2N2O/c1-2-7-18(10-5-3-4-6-10)14(19)11-8-13(16)17-9-12(11)15/h2,8-10H,1,3-7H2. The summed E-state index contributed by atoms with van der Waals surface area (Å²) in [6.07, 6.45) is 7.56. The van der Waals surface area contributed by atoms with Gasteiger partial charge in [-0.1, -0.05) is 42.1 Å². The molecule has 0 aromatic carbocycles. The van der Waals surface area contributed by atoms with Gasteiger partial charge in [0.1, 0.15) is 5.15 Å². The highest BCUT2D eigenvalue weighted by atomic mass is 35.5. The fraction of sp³-hybridized carbons (Fsp3) is 0.429. The zero-order chi connectivity index (χ0) is 13.8. The molecule has 1 aliphatic rings. The first-order valence-electron chi connectivity index (χ1n) is 6.36. The Bertz CT molecular complexity index is 484. The van der Waals surface area contributed by atoms with Gasteiger partial charge in [-0.2, -0.15) is 0 Å². The highest BCUT2D eigenvalue weighted by Gasteiger charge is 2.27. The maximum atomic E-state index is 12.6. The first kappa shape index (κ1) is 14.4. The molecule has 1 aliphatic carbocycles. The van der Waals surface area contributed by atoms with Crippen molar-refractivity contribution in [3.63, 3.8) is 0 Å². The van der Waals surface area contributed by atoms with Crippen LogP contribution in [0.3, 0.4) is 0 Å². The van der Waals surface area contributed by atoms with Gasteiger partial charge in [0.15, 0.2) is 0 Å². The Morgan fingerprint density at radius 3 is 2.79 bits per heavy atom. The Morgan fingerprint density at radius 2 is 2.16 bits per heavy atom. The molecule has 1 saturated carbocycles. The molecule has 0 saturated heterocycles. The quantitative estimate of drug-likeness (QED) is 0.623. The summed E-state index contributed by atoms with van der Waals surface area (Å²) in [7, 11) is 0. The van der Waals surface area contributed by atoms with Crippen LogP contribution in [0.25, 0.3) is 0 Å². The molecular formula is C14H16Cl2N2O. The van der Waals surface area contributed by atoms with E-state index in [0.717, 1.165) is 25.7 Å². The van der Waals surface area contributed by atoms with Gasteiger partial charge in [0, 0.05) is 18.8 Å². The van der Waals surface area contributed by atoms with Crippen molar-refractivity contribution in [2.24, 2.45) is 0 Å². The molecule has 0 N–H and O–H groups in total. The van der Waals surface area contributed by atoms with Crippen molar-refractivity contribution in [2.75, 3.05) is 6.54 Å². The van der Waals surface area contributed by atoms with Crippen molar-refractivity contribution in [1.82, 2.24) is 9.88 Å². The lowest BCUT2D eigenvalue weighted by molar-refractivity contribution is 0.0706. The van der Waals surface area contributed by atoms with Crippen LogP contribution in [0.2, 0.25) is 10.2 Å². The van der Waals surface area contributed by atoms with E-state index < -0.39 is 0 Å². The molecule has 102 valence electrons. The van der Waals surface area contributed by atoms with Crippen LogP contribution < -0.4 is 0 Å². The molecule has 0 unspecified atom stereocenters. The number of amides is 1. The second-order valence-electron chi connectivity index (χ2n) is 4.67. The largest absolute Gasteiger partial charge is 0.332 e. The van der Waals surface area contributed by atoms with Crippen molar-refractivity contribution in [3.05, 3.63) is 40.7 Å². The number of hydrogen-bond acceptors (Lipinski definition) is 2. The lowest BCUT2D eigenvalue weighted by Gasteiger charge is -2.28. The first-order valence-corrected chi connectivity index (χ1v) is 7.12. The molecule has 1 amide bonds. The lowest BCUT2D eigenvalue weighted by Crippen LogP contribution is -2.39. The van der Waals surface area contributed by atoms with Crippen molar-refractivity contribution < 1.29 is 4.79 Å². The monoisotopic (exact) mass is 298 g/mol. The third kappa shape index (κ3) is 3.28. The van der Waals surface area contributed by atoms with Crippen molar-refractivity contribution in [3.8, 4) is 0 Å². The van der Waals surface area contributed by atoms with E-state index in [0.29, 0.717) is 17.1 Å². The summed E-state index contributed by atoms with van der Waals surface area (Å²) in [5, 5.41) is 0.610. The topological polar surface area (TPSA) is 33.2 Å². The summed E-state index contributed by atoms with van der Waals surface area (Å²) in [6.45, 7) is 4.25. The minimum Gasteiger partial charge on any atom is -0.332 e.